The van der Waals surface area contributed by atoms with Crippen molar-refractivity contribution >= 4 is 11.0 Å². The van der Waals surface area contributed by atoms with Gasteiger partial charge in [0.05, 0.1) is 27.8 Å². The minimum Gasteiger partial charge on any atom is -0.507 e. The quantitative estimate of drug-likeness (QED) is 0.139. The van der Waals surface area contributed by atoms with Gasteiger partial charge < -0.3 is 5.11 Å². The minimum atomic E-state index is -2.82. The van der Waals surface area contributed by atoms with Gasteiger partial charge in [-0.15, -0.1) is 29.3 Å². The largest absolute Gasteiger partial charge is 0.507 e. The van der Waals surface area contributed by atoms with Crippen LogP contribution in [-0.2, 0) is 31.9 Å². The maximum absolute atomic E-state index is 12.3. The third kappa shape index (κ3) is 8.98. The van der Waals surface area contributed by atoms with E-state index in [2.05, 4.69) is 147 Å². The van der Waals surface area contributed by atoms with Crippen LogP contribution in [0, 0.1) is 12.9 Å². The van der Waals surface area contributed by atoms with Crippen LogP contribution in [0.2, 0.25) is 0 Å². The number of pyridine rings is 1. The summed E-state index contributed by atoms with van der Waals surface area (Å²) in [5.74, 6) is 1.03. The van der Waals surface area contributed by atoms with E-state index in [0.29, 0.717) is 33.7 Å². The summed E-state index contributed by atoms with van der Waals surface area (Å²) in [5, 5.41) is 12.3. The molecule has 0 saturated heterocycles. The monoisotopic (exact) mass is 1020 g/mol. The molecule has 4 nitrogen and oxygen atoms in total. The maximum Gasteiger partial charge on any atom is 0.148 e. The van der Waals surface area contributed by atoms with Crippen LogP contribution in [0.3, 0.4) is 0 Å². The fourth-order valence-electron chi connectivity index (χ4n) is 8.05. The van der Waals surface area contributed by atoms with Crippen LogP contribution in [0.5, 0.6) is 5.75 Å². The van der Waals surface area contributed by atoms with Crippen molar-refractivity contribution in [2.45, 2.75) is 105 Å². The van der Waals surface area contributed by atoms with Gasteiger partial charge in [-0.1, -0.05) is 171 Å². The molecule has 0 aliphatic carbocycles. The standard InChI is InChI=1S/C58H60N3O.Pt/c1-12-58(10,11)45-25-26-52(49(35-45)40-17-14-13-15-18-40)61-53-20-16-19-47(54(53)60-56(61)50-33-42(36(2)3)32-48(37(4)5)55(50)62)43-29-44(31-46(30-43)57(7,8)9)51-34-41(27-28-59-51)39-23-21-38(6)22-24-39;/h13-28,30-37,62H,12H2,1-11H3;/q-1;/i6D3,21D,22D,23D,24D;. The number of aromatic nitrogens is 3. The van der Waals surface area contributed by atoms with Crippen molar-refractivity contribution in [2.75, 3.05) is 0 Å². The van der Waals surface area contributed by atoms with Crippen LogP contribution in [0.15, 0.2) is 133 Å². The first-order valence-electron chi connectivity index (χ1n) is 25.2. The van der Waals surface area contributed by atoms with Crippen LogP contribution < -0.4 is 0 Å². The molecule has 0 unspecified atom stereocenters. The number of para-hydroxylation sites is 1. The van der Waals surface area contributed by atoms with Crippen molar-refractivity contribution in [1.29, 1.82) is 0 Å². The molecule has 0 aliphatic heterocycles. The maximum atomic E-state index is 12.3. The first kappa shape index (κ1) is 36.9. The van der Waals surface area contributed by atoms with E-state index in [9.17, 15) is 5.11 Å². The van der Waals surface area contributed by atoms with Crippen LogP contribution in [-0.4, -0.2) is 19.6 Å². The van der Waals surface area contributed by atoms with Gasteiger partial charge in [0.25, 0.3) is 0 Å². The van der Waals surface area contributed by atoms with Gasteiger partial charge in [-0.3, -0.25) is 9.55 Å². The Hall–Kier alpha value is -5.57. The van der Waals surface area contributed by atoms with E-state index in [0.717, 1.165) is 56.6 Å². The Morgan fingerprint density at radius 1 is 0.714 bits per heavy atom. The van der Waals surface area contributed by atoms with Crippen LogP contribution in [0.25, 0.3) is 72.7 Å². The second-order valence-corrected chi connectivity index (χ2v) is 18.7. The molecule has 63 heavy (non-hydrogen) atoms. The Morgan fingerprint density at radius 2 is 1.44 bits per heavy atom. The number of phenols is 1. The van der Waals surface area contributed by atoms with Crippen LogP contribution in [0.4, 0.5) is 0 Å². The third-order valence-electron chi connectivity index (χ3n) is 12.3. The van der Waals surface area contributed by atoms with Gasteiger partial charge in [0.1, 0.15) is 11.6 Å². The van der Waals surface area contributed by atoms with E-state index < -0.39 is 36.6 Å². The zero-order valence-electron chi connectivity index (χ0n) is 44.9. The number of nitrogens with zero attached hydrogens (tertiary/aromatic N) is 3. The number of aromatic hydroxyl groups is 1. The zero-order valence-corrected chi connectivity index (χ0v) is 40.1. The van der Waals surface area contributed by atoms with Crippen molar-refractivity contribution < 1.29 is 35.8 Å². The molecule has 0 bridgehead atoms. The molecular formula is C58H60N3OPt-. The Balaban J connectivity index is 0.00000722. The van der Waals surface area contributed by atoms with E-state index in [-0.39, 0.29) is 55.0 Å². The Bertz CT molecular complexity index is 3250. The van der Waals surface area contributed by atoms with E-state index in [1.165, 1.54) is 5.56 Å². The Morgan fingerprint density at radius 3 is 2.11 bits per heavy atom. The number of hydrogen-bond donors (Lipinski definition) is 1. The van der Waals surface area contributed by atoms with E-state index in [1.54, 1.807) is 18.3 Å². The van der Waals surface area contributed by atoms with Crippen molar-refractivity contribution in [3.63, 3.8) is 0 Å². The number of fused-ring (bicyclic) bond motifs is 1. The average molecular weight is 1020 g/mol. The summed E-state index contributed by atoms with van der Waals surface area (Å²) >= 11 is 0. The molecule has 324 valence electrons. The summed E-state index contributed by atoms with van der Waals surface area (Å²) in [6, 6.07) is 36.6. The zero-order chi connectivity index (χ0) is 50.1. The fraction of sp³-hybridized carbons (Fsp3) is 0.276. The van der Waals surface area contributed by atoms with Crippen LogP contribution in [0.1, 0.15) is 125 Å². The number of imidazole rings is 1. The summed E-state index contributed by atoms with van der Waals surface area (Å²) in [6.45, 7) is 18.9. The molecule has 8 aromatic rings. The van der Waals surface area contributed by atoms with Gasteiger partial charge in [0.2, 0.25) is 0 Å². The number of phenolic OH excluding ortho intramolecular Hbond substituents is 1. The molecule has 0 atom stereocenters. The molecule has 0 fully saturated rings. The van der Waals surface area contributed by atoms with Crippen molar-refractivity contribution in [3.05, 3.63) is 167 Å². The predicted molar refractivity (Wildman–Crippen MR) is 261 cm³/mol. The Labute approximate surface area is 399 Å². The van der Waals surface area contributed by atoms with Crippen molar-refractivity contribution in [3.8, 4) is 67.5 Å². The second kappa shape index (κ2) is 17.9. The molecule has 8 rings (SSSR count). The van der Waals surface area contributed by atoms with Crippen molar-refractivity contribution in [1.82, 2.24) is 14.5 Å². The smallest absolute Gasteiger partial charge is 0.148 e. The molecule has 1 N–H and O–H groups in total. The molecule has 5 heteroatoms. The Kier molecular flexibility index (Phi) is 10.5. The number of hydrogen-bond acceptors (Lipinski definition) is 3. The summed E-state index contributed by atoms with van der Waals surface area (Å²) in [5.41, 5.74) is 11.4. The van der Waals surface area contributed by atoms with E-state index in [4.69, 9.17) is 19.6 Å². The van der Waals surface area contributed by atoms with Gasteiger partial charge in [-0.05, 0) is 99.7 Å². The third-order valence-corrected chi connectivity index (χ3v) is 12.3. The first-order valence-corrected chi connectivity index (χ1v) is 21.7. The summed E-state index contributed by atoms with van der Waals surface area (Å²) in [6.07, 6.45) is 2.51. The van der Waals surface area contributed by atoms with Gasteiger partial charge in [0.15, 0.2) is 0 Å². The van der Waals surface area contributed by atoms with Crippen LogP contribution >= 0.6 is 0 Å². The summed E-state index contributed by atoms with van der Waals surface area (Å²) < 4.78 is 60.8. The summed E-state index contributed by atoms with van der Waals surface area (Å²) in [7, 11) is 0. The van der Waals surface area contributed by atoms with Gasteiger partial charge in [-0.25, -0.2) is 4.98 Å². The normalized spacial score (nSPS) is 13.8. The second-order valence-electron chi connectivity index (χ2n) is 18.7. The van der Waals surface area contributed by atoms with Gasteiger partial charge in [0, 0.05) is 42.6 Å². The average Bonchev–Trinajstić information content (AvgIpc) is 3.69. The fourth-order valence-corrected chi connectivity index (χ4v) is 8.05. The van der Waals surface area contributed by atoms with E-state index in [1.807, 2.05) is 24.3 Å². The minimum absolute atomic E-state index is 0. The molecule has 2 aromatic heterocycles. The first-order chi connectivity index (χ1) is 32.4. The molecule has 2 heterocycles. The SMILES string of the molecule is [2H]c1c([2H])c(C([2H])([2H])[2H])c([2H])c([2H])c1-c1ccnc(-c2[c-]c(-c3cccc4c3nc(-c3cc(C(C)C)cc(C(C)C)c3O)n4-c3ccc(C(C)(C)CC)cc3-c3ccccc3)cc(C(C)(C)C)c2)c1.[Pt]. The molecule has 0 aliphatic rings. The van der Waals surface area contributed by atoms with Gasteiger partial charge >= 0.3 is 0 Å². The molecule has 0 spiro atoms. The predicted octanol–water partition coefficient (Wildman–Crippen LogP) is 15.8. The number of rotatable bonds is 10. The molecule has 6 aromatic carbocycles. The number of benzene rings is 6. The topological polar surface area (TPSA) is 50.9 Å². The van der Waals surface area contributed by atoms with Crippen molar-refractivity contribution in [2.24, 2.45) is 0 Å². The molecule has 0 radical (unpaired) electrons. The van der Waals surface area contributed by atoms with Gasteiger partial charge in [-0.2, -0.15) is 0 Å². The summed E-state index contributed by atoms with van der Waals surface area (Å²) in [4.78, 5) is 10.3. The molecule has 0 amide bonds. The molecule has 0 saturated carbocycles. The molecular weight excluding hydrogens is 950 g/mol. The van der Waals surface area contributed by atoms with E-state index >= 15 is 0 Å².